The Bertz CT molecular complexity index is 1470. The Morgan fingerprint density at radius 2 is 0.487 bits per heavy atom. The molecule has 0 aliphatic heterocycles. The molecule has 6 nitrogen and oxygen atoms in total. The van der Waals surface area contributed by atoms with Gasteiger partial charge in [-0.3, -0.25) is 14.4 Å². The van der Waals surface area contributed by atoms with Crippen LogP contribution in [-0.2, 0) is 28.6 Å². The fraction of sp³-hybridized carbons (Fsp3) is 0.797. The van der Waals surface area contributed by atoms with Crippen LogP contribution in [0.3, 0.4) is 0 Å². The van der Waals surface area contributed by atoms with Gasteiger partial charge in [-0.1, -0.05) is 325 Å². The van der Waals surface area contributed by atoms with E-state index in [4.69, 9.17) is 14.2 Å². The van der Waals surface area contributed by atoms with Crippen LogP contribution >= 0.6 is 0 Å². The van der Waals surface area contributed by atoms with Crippen molar-refractivity contribution >= 4 is 17.9 Å². The third-order valence-corrected chi connectivity index (χ3v) is 15.4. The van der Waals surface area contributed by atoms with E-state index in [2.05, 4.69) is 93.7 Å². The van der Waals surface area contributed by atoms with E-state index in [1.54, 1.807) is 0 Å². The highest BCUT2D eigenvalue weighted by atomic mass is 16.6. The van der Waals surface area contributed by atoms with Crippen LogP contribution in [0, 0.1) is 0 Å². The molecular formula is C74H132O6. The predicted octanol–water partition coefficient (Wildman–Crippen LogP) is 24.1. The standard InChI is InChI=1S/C74H132O6/c1-4-7-10-13-16-19-22-25-28-31-34-36-38-40-43-46-49-52-55-58-61-64-67-73(76)79-70-71(69-78-72(75)66-63-60-57-54-51-48-45-42-39-33-30-27-24-21-18-15-12-9-6-3)80-74(77)68-65-62-59-56-53-50-47-44-41-37-35-32-29-26-23-20-17-14-11-8-5-2/h9,12,18,21,27,30,32,35,39,42,48,51,71H,4-8,10-11,13-17,19-20,22-26,28-29,31,33-34,36-38,40-41,43-47,49-50,52-70H2,1-3H3/b12-9-,21-18-,30-27-,35-32-,42-39-,51-48-. The average molecular weight is 1120 g/mol. The number of rotatable bonds is 64. The van der Waals surface area contributed by atoms with Crippen LogP contribution in [0.4, 0.5) is 0 Å². The first-order valence-corrected chi connectivity index (χ1v) is 34.9. The molecule has 0 aromatic rings. The van der Waals surface area contributed by atoms with Gasteiger partial charge in [-0.05, 0) is 89.9 Å². The lowest BCUT2D eigenvalue weighted by Gasteiger charge is -2.18. The van der Waals surface area contributed by atoms with Gasteiger partial charge in [0.1, 0.15) is 13.2 Å². The molecule has 1 atom stereocenters. The normalized spacial score (nSPS) is 12.5. The van der Waals surface area contributed by atoms with Crippen LogP contribution in [-0.4, -0.2) is 37.2 Å². The second-order valence-electron chi connectivity index (χ2n) is 23.4. The minimum atomic E-state index is -0.791. The summed E-state index contributed by atoms with van der Waals surface area (Å²) in [5.41, 5.74) is 0. The van der Waals surface area contributed by atoms with Crippen molar-refractivity contribution in [3.05, 3.63) is 72.9 Å². The lowest BCUT2D eigenvalue weighted by Crippen LogP contribution is -2.30. The maximum Gasteiger partial charge on any atom is 0.306 e. The van der Waals surface area contributed by atoms with E-state index in [-0.39, 0.29) is 31.1 Å². The lowest BCUT2D eigenvalue weighted by atomic mass is 10.0. The Labute approximate surface area is 497 Å². The number of esters is 3. The van der Waals surface area contributed by atoms with Crippen LogP contribution in [0.5, 0.6) is 0 Å². The molecule has 0 heterocycles. The first-order valence-electron chi connectivity index (χ1n) is 34.9. The predicted molar refractivity (Wildman–Crippen MR) is 348 cm³/mol. The first-order chi connectivity index (χ1) is 39.5. The van der Waals surface area contributed by atoms with Gasteiger partial charge in [0.15, 0.2) is 6.10 Å². The maximum atomic E-state index is 13.0. The third-order valence-electron chi connectivity index (χ3n) is 15.4. The number of ether oxygens (including phenoxy) is 3. The molecule has 0 aliphatic carbocycles. The van der Waals surface area contributed by atoms with Gasteiger partial charge in [-0.2, -0.15) is 0 Å². The topological polar surface area (TPSA) is 78.9 Å². The van der Waals surface area contributed by atoms with Crippen LogP contribution < -0.4 is 0 Å². The number of hydrogen-bond donors (Lipinski definition) is 0. The molecule has 0 rings (SSSR count). The first kappa shape index (κ1) is 76.9. The van der Waals surface area contributed by atoms with E-state index >= 15 is 0 Å². The third kappa shape index (κ3) is 65.7. The fourth-order valence-electron chi connectivity index (χ4n) is 10.2. The van der Waals surface area contributed by atoms with Gasteiger partial charge < -0.3 is 14.2 Å². The van der Waals surface area contributed by atoms with Crippen LogP contribution in [0.15, 0.2) is 72.9 Å². The molecule has 464 valence electrons. The van der Waals surface area contributed by atoms with Gasteiger partial charge in [0, 0.05) is 19.3 Å². The Morgan fingerprint density at radius 1 is 0.263 bits per heavy atom. The van der Waals surface area contributed by atoms with Crippen molar-refractivity contribution in [1.82, 2.24) is 0 Å². The molecule has 6 heteroatoms. The molecule has 0 aliphatic rings. The van der Waals surface area contributed by atoms with Crippen LogP contribution in [0.2, 0.25) is 0 Å². The molecule has 0 saturated carbocycles. The van der Waals surface area contributed by atoms with Crippen molar-refractivity contribution < 1.29 is 28.6 Å². The van der Waals surface area contributed by atoms with Crippen molar-refractivity contribution in [3.63, 3.8) is 0 Å². The Hall–Kier alpha value is -3.15. The molecule has 0 saturated heterocycles. The van der Waals surface area contributed by atoms with E-state index in [1.165, 1.54) is 225 Å². The fourth-order valence-corrected chi connectivity index (χ4v) is 10.2. The molecule has 80 heavy (non-hydrogen) atoms. The summed E-state index contributed by atoms with van der Waals surface area (Å²) in [5, 5.41) is 0. The zero-order chi connectivity index (χ0) is 57.8. The van der Waals surface area contributed by atoms with Gasteiger partial charge in [0.25, 0.3) is 0 Å². The summed E-state index contributed by atoms with van der Waals surface area (Å²) in [6, 6.07) is 0. The minimum Gasteiger partial charge on any atom is -0.462 e. The van der Waals surface area contributed by atoms with E-state index in [0.29, 0.717) is 19.3 Å². The molecular weight excluding hydrogens is 985 g/mol. The van der Waals surface area contributed by atoms with Crippen molar-refractivity contribution in [2.75, 3.05) is 13.2 Å². The molecule has 0 aromatic carbocycles. The van der Waals surface area contributed by atoms with Gasteiger partial charge >= 0.3 is 17.9 Å². The average Bonchev–Trinajstić information content (AvgIpc) is 3.46. The summed E-state index contributed by atoms with van der Waals surface area (Å²) in [5.74, 6) is -0.897. The van der Waals surface area contributed by atoms with Gasteiger partial charge in [-0.25, -0.2) is 0 Å². The second-order valence-corrected chi connectivity index (χ2v) is 23.4. The van der Waals surface area contributed by atoms with Crippen molar-refractivity contribution in [1.29, 1.82) is 0 Å². The number of unbranched alkanes of at least 4 members (excludes halogenated alkanes) is 41. The van der Waals surface area contributed by atoms with Crippen LogP contribution in [0.25, 0.3) is 0 Å². The summed E-state index contributed by atoms with van der Waals surface area (Å²) in [6.45, 7) is 6.56. The second kappa shape index (κ2) is 68.3. The highest BCUT2D eigenvalue weighted by Crippen LogP contribution is 2.18. The Balaban J connectivity index is 4.38. The number of hydrogen-bond acceptors (Lipinski definition) is 6. The Kier molecular flexibility index (Phi) is 65.7. The van der Waals surface area contributed by atoms with Crippen molar-refractivity contribution in [2.24, 2.45) is 0 Å². The van der Waals surface area contributed by atoms with E-state index in [0.717, 1.165) is 96.3 Å². The molecule has 0 aromatic heterocycles. The van der Waals surface area contributed by atoms with E-state index in [9.17, 15) is 14.4 Å². The van der Waals surface area contributed by atoms with E-state index < -0.39 is 6.10 Å². The minimum absolute atomic E-state index is 0.0833. The number of carbonyl (C=O) groups is 3. The quantitative estimate of drug-likeness (QED) is 0.0261. The summed E-state index contributed by atoms with van der Waals surface area (Å²) in [4.78, 5) is 38.5. The number of carbonyl (C=O) groups excluding carboxylic acids is 3. The van der Waals surface area contributed by atoms with Gasteiger partial charge in [0.05, 0.1) is 0 Å². The monoisotopic (exact) mass is 1120 g/mol. The molecule has 0 N–H and O–H groups in total. The van der Waals surface area contributed by atoms with Gasteiger partial charge in [-0.15, -0.1) is 0 Å². The molecule has 0 radical (unpaired) electrons. The lowest BCUT2D eigenvalue weighted by molar-refractivity contribution is -0.167. The molecule has 0 amide bonds. The number of allylic oxidation sites excluding steroid dienone is 12. The van der Waals surface area contributed by atoms with Crippen molar-refractivity contribution in [2.45, 2.75) is 367 Å². The van der Waals surface area contributed by atoms with Gasteiger partial charge in [0.2, 0.25) is 0 Å². The zero-order valence-electron chi connectivity index (χ0n) is 53.3. The highest BCUT2D eigenvalue weighted by molar-refractivity contribution is 5.71. The Morgan fingerprint density at radius 3 is 0.787 bits per heavy atom. The SMILES string of the molecule is CC/C=C\C/C=C\C/C=C\C/C=C\C/C=C\CCCCCC(=O)OCC(COC(=O)CCCCCCCCCCCCCCCCCCCCCCCC)OC(=O)CCCCCCCCCCC/C=C\CCCCCCCCCC. The van der Waals surface area contributed by atoms with Crippen LogP contribution in [0.1, 0.15) is 361 Å². The summed E-state index contributed by atoms with van der Waals surface area (Å²) in [6.07, 6.45) is 89.2. The maximum absolute atomic E-state index is 13.0. The molecule has 1 unspecified atom stereocenters. The molecule has 0 spiro atoms. The van der Waals surface area contributed by atoms with E-state index in [1.807, 2.05) is 0 Å². The highest BCUT2D eigenvalue weighted by Gasteiger charge is 2.19. The smallest absolute Gasteiger partial charge is 0.306 e. The molecule has 0 fully saturated rings. The largest absolute Gasteiger partial charge is 0.462 e. The summed E-state index contributed by atoms with van der Waals surface area (Å²) >= 11 is 0. The summed E-state index contributed by atoms with van der Waals surface area (Å²) < 4.78 is 17.0. The van der Waals surface area contributed by atoms with Crippen molar-refractivity contribution in [3.8, 4) is 0 Å². The zero-order valence-corrected chi connectivity index (χ0v) is 53.3. The summed E-state index contributed by atoms with van der Waals surface area (Å²) in [7, 11) is 0. The molecule has 0 bridgehead atoms.